The molecule has 100 valence electrons. The fourth-order valence-electron chi connectivity index (χ4n) is 2.61. The summed E-state index contributed by atoms with van der Waals surface area (Å²) in [5.41, 5.74) is 0.436. The summed E-state index contributed by atoms with van der Waals surface area (Å²) >= 11 is 5.22. The Labute approximate surface area is 121 Å². The molecule has 0 aliphatic heterocycles. The Morgan fingerprint density at radius 1 is 0.950 bits per heavy atom. The molecule has 3 aromatic carbocycles. The summed E-state index contributed by atoms with van der Waals surface area (Å²) in [5.74, 6) is 0. The van der Waals surface area contributed by atoms with Crippen molar-refractivity contribution >= 4 is 38.6 Å². The molecule has 0 aromatic heterocycles. The molecule has 0 saturated heterocycles. The minimum Gasteiger partial charge on any atom is -0.453 e. The van der Waals surface area contributed by atoms with Gasteiger partial charge in [-0.05, 0) is 33.2 Å². The number of rotatable bonds is 3. The Hall–Kier alpha value is -2.06. The third-order valence-corrected chi connectivity index (χ3v) is 3.56. The predicted octanol–water partition coefficient (Wildman–Crippen LogP) is 4.91. The molecular formula is C17H13ClO2. The van der Waals surface area contributed by atoms with Crippen molar-refractivity contribution in [2.24, 2.45) is 0 Å². The van der Waals surface area contributed by atoms with Crippen LogP contribution < -0.4 is 0 Å². The second-order valence-corrected chi connectivity index (χ2v) is 4.94. The van der Waals surface area contributed by atoms with Gasteiger partial charge in [-0.25, -0.2) is 4.79 Å². The molecule has 2 nitrogen and oxygen atoms in total. The molecular weight excluding hydrogens is 272 g/mol. The van der Waals surface area contributed by atoms with Crippen LogP contribution in [-0.2, 0) is 11.2 Å². The Morgan fingerprint density at radius 3 is 2.05 bits per heavy atom. The van der Waals surface area contributed by atoms with E-state index in [1.54, 1.807) is 0 Å². The Morgan fingerprint density at radius 2 is 1.50 bits per heavy atom. The normalized spacial score (nSPS) is 10.8. The average molecular weight is 285 g/mol. The van der Waals surface area contributed by atoms with Gasteiger partial charge in [0.25, 0.3) is 0 Å². The van der Waals surface area contributed by atoms with Crippen molar-refractivity contribution < 1.29 is 9.53 Å². The topological polar surface area (TPSA) is 26.3 Å². The van der Waals surface area contributed by atoms with Crippen molar-refractivity contribution in [3.8, 4) is 0 Å². The van der Waals surface area contributed by atoms with E-state index in [2.05, 4.69) is 30.3 Å². The van der Waals surface area contributed by atoms with Gasteiger partial charge in [-0.2, -0.15) is 0 Å². The van der Waals surface area contributed by atoms with Crippen molar-refractivity contribution in [3.63, 3.8) is 0 Å². The minimum atomic E-state index is -0.755. The van der Waals surface area contributed by atoms with E-state index in [0.717, 1.165) is 0 Å². The van der Waals surface area contributed by atoms with Crippen molar-refractivity contribution in [2.75, 3.05) is 6.61 Å². The summed E-state index contributed by atoms with van der Waals surface area (Å²) in [6.07, 6.45) is 0.653. The lowest BCUT2D eigenvalue weighted by Gasteiger charge is -2.11. The van der Waals surface area contributed by atoms with E-state index in [-0.39, 0.29) is 0 Å². The lowest BCUT2D eigenvalue weighted by molar-refractivity contribution is 0.175. The largest absolute Gasteiger partial charge is 0.453 e. The van der Waals surface area contributed by atoms with Crippen LogP contribution >= 0.6 is 11.6 Å². The van der Waals surface area contributed by atoms with E-state index in [0.29, 0.717) is 13.0 Å². The number of hydrogen-bond acceptors (Lipinski definition) is 2. The second kappa shape index (κ2) is 5.51. The maximum absolute atomic E-state index is 10.7. The van der Waals surface area contributed by atoms with Gasteiger partial charge in [0.15, 0.2) is 0 Å². The molecule has 0 saturated carbocycles. The van der Waals surface area contributed by atoms with Crippen LogP contribution in [-0.4, -0.2) is 12.0 Å². The fourth-order valence-corrected chi connectivity index (χ4v) is 2.69. The van der Waals surface area contributed by atoms with Gasteiger partial charge in [-0.3, -0.25) is 0 Å². The molecule has 0 unspecified atom stereocenters. The summed E-state index contributed by atoms with van der Waals surface area (Å²) in [6, 6.07) is 18.7. The van der Waals surface area contributed by atoms with Gasteiger partial charge in [0.1, 0.15) is 0 Å². The van der Waals surface area contributed by atoms with Crippen molar-refractivity contribution in [1.82, 2.24) is 0 Å². The molecule has 3 rings (SSSR count). The van der Waals surface area contributed by atoms with Crippen LogP contribution in [0.3, 0.4) is 0 Å². The Bertz CT molecular complexity index is 726. The molecule has 0 heterocycles. The summed E-state index contributed by atoms with van der Waals surface area (Å²) < 4.78 is 4.87. The highest BCUT2D eigenvalue weighted by Crippen LogP contribution is 2.28. The quantitative estimate of drug-likeness (QED) is 0.504. The van der Waals surface area contributed by atoms with Crippen LogP contribution in [0.1, 0.15) is 5.56 Å². The fraction of sp³-hybridized carbons (Fsp3) is 0.118. The maximum Gasteiger partial charge on any atom is 0.403 e. The van der Waals surface area contributed by atoms with Crippen LogP contribution in [0.15, 0.2) is 54.6 Å². The maximum atomic E-state index is 10.7. The molecule has 0 fully saturated rings. The zero-order valence-electron chi connectivity index (χ0n) is 10.8. The molecule has 0 bridgehead atoms. The van der Waals surface area contributed by atoms with E-state index in [1.165, 1.54) is 27.1 Å². The number of carbonyl (C=O) groups is 1. The lowest BCUT2D eigenvalue weighted by atomic mass is 9.95. The summed E-state index contributed by atoms with van der Waals surface area (Å²) in [4.78, 5) is 10.7. The summed E-state index contributed by atoms with van der Waals surface area (Å²) in [7, 11) is 0. The predicted molar refractivity (Wildman–Crippen MR) is 82.4 cm³/mol. The Kier molecular flexibility index (Phi) is 3.57. The van der Waals surface area contributed by atoms with Crippen molar-refractivity contribution in [1.29, 1.82) is 0 Å². The first kappa shape index (κ1) is 12.9. The van der Waals surface area contributed by atoms with Gasteiger partial charge in [-0.15, -0.1) is 0 Å². The first-order valence-corrected chi connectivity index (χ1v) is 6.85. The zero-order valence-corrected chi connectivity index (χ0v) is 11.6. The zero-order chi connectivity index (χ0) is 13.9. The van der Waals surface area contributed by atoms with Gasteiger partial charge >= 0.3 is 5.43 Å². The SMILES string of the molecule is O=C(Cl)OCCc1c2ccccc2cc2ccccc12. The van der Waals surface area contributed by atoms with E-state index in [4.69, 9.17) is 16.3 Å². The molecule has 0 atom stereocenters. The summed E-state index contributed by atoms with van der Waals surface area (Å²) in [6.45, 7) is 0.292. The molecule has 0 spiro atoms. The second-order valence-electron chi connectivity index (χ2n) is 4.63. The average Bonchev–Trinajstić information content (AvgIpc) is 2.46. The van der Waals surface area contributed by atoms with Gasteiger partial charge in [-0.1, -0.05) is 48.5 Å². The van der Waals surface area contributed by atoms with Crippen LogP contribution in [0.2, 0.25) is 0 Å². The van der Waals surface area contributed by atoms with Gasteiger partial charge in [0.05, 0.1) is 6.61 Å². The van der Waals surface area contributed by atoms with Gasteiger partial charge in [0, 0.05) is 18.0 Å². The number of benzene rings is 3. The van der Waals surface area contributed by atoms with Gasteiger partial charge < -0.3 is 4.74 Å². The molecule has 20 heavy (non-hydrogen) atoms. The minimum absolute atomic E-state index is 0.292. The monoisotopic (exact) mass is 284 g/mol. The van der Waals surface area contributed by atoms with Crippen molar-refractivity contribution in [3.05, 3.63) is 60.2 Å². The standard InChI is InChI=1S/C17H13ClO2/c18-17(19)20-10-9-16-14-7-3-1-5-12(14)11-13-6-2-4-8-15(13)16/h1-8,11H,9-10H2. The highest BCUT2D eigenvalue weighted by Gasteiger charge is 2.08. The van der Waals surface area contributed by atoms with E-state index in [1.807, 2.05) is 24.3 Å². The van der Waals surface area contributed by atoms with Crippen molar-refractivity contribution in [2.45, 2.75) is 6.42 Å². The lowest BCUT2D eigenvalue weighted by Crippen LogP contribution is -2.01. The van der Waals surface area contributed by atoms with Gasteiger partial charge in [0.2, 0.25) is 0 Å². The van der Waals surface area contributed by atoms with Crippen LogP contribution in [0.4, 0.5) is 4.79 Å². The third-order valence-electron chi connectivity index (χ3n) is 3.45. The van der Waals surface area contributed by atoms with E-state index in [9.17, 15) is 4.79 Å². The Balaban J connectivity index is 2.15. The molecule has 0 aliphatic carbocycles. The number of fused-ring (bicyclic) bond motifs is 2. The first-order valence-electron chi connectivity index (χ1n) is 6.47. The third kappa shape index (κ3) is 2.47. The van der Waals surface area contributed by atoms with Crippen LogP contribution in [0.5, 0.6) is 0 Å². The van der Waals surface area contributed by atoms with Crippen LogP contribution in [0.25, 0.3) is 21.5 Å². The molecule has 0 aliphatic rings. The van der Waals surface area contributed by atoms with E-state index >= 15 is 0 Å². The molecule has 0 N–H and O–H groups in total. The summed E-state index contributed by atoms with van der Waals surface area (Å²) in [5, 5.41) is 4.77. The van der Waals surface area contributed by atoms with E-state index < -0.39 is 5.43 Å². The highest BCUT2D eigenvalue weighted by molar-refractivity contribution is 6.61. The smallest absolute Gasteiger partial charge is 0.403 e. The number of ether oxygens (including phenoxy) is 1. The molecule has 3 heteroatoms. The number of carbonyl (C=O) groups excluding carboxylic acids is 1. The molecule has 0 radical (unpaired) electrons. The molecule has 3 aromatic rings. The first-order chi connectivity index (χ1) is 9.75. The number of halogens is 1. The number of hydrogen-bond donors (Lipinski definition) is 0. The molecule has 0 amide bonds. The van der Waals surface area contributed by atoms with Crippen LogP contribution in [0, 0.1) is 0 Å². The highest BCUT2D eigenvalue weighted by atomic mass is 35.5.